The minimum Gasteiger partial charge on any atom is -0.444 e. The zero-order valence-electron chi connectivity index (χ0n) is 25.8. The summed E-state index contributed by atoms with van der Waals surface area (Å²) in [6.07, 6.45) is 0.138. The first-order valence-corrected chi connectivity index (χ1v) is 15.1. The summed E-state index contributed by atoms with van der Waals surface area (Å²) in [7, 11) is 0. The van der Waals surface area contributed by atoms with E-state index in [2.05, 4.69) is 95.4 Å². The summed E-state index contributed by atoms with van der Waals surface area (Å²) in [5.74, 6) is 0.135. The lowest BCUT2D eigenvalue weighted by molar-refractivity contribution is 0.115. The van der Waals surface area contributed by atoms with Gasteiger partial charge in [-0.2, -0.15) is 0 Å². The first-order chi connectivity index (χ1) is 20.0. The molecule has 1 fully saturated rings. The van der Waals surface area contributed by atoms with Crippen LogP contribution in [0.3, 0.4) is 0 Å². The van der Waals surface area contributed by atoms with Gasteiger partial charge >= 0.3 is 6.09 Å². The van der Waals surface area contributed by atoms with Crippen LogP contribution in [0.2, 0.25) is 0 Å². The Morgan fingerprint density at radius 3 is 1.52 bits per heavy atom. The summed E-state index contributed by atoms with van der Waals surface area (Å²) in [6.45, 7) is 14.1. The molecule has 1 saturated heterocycles. The number of nitrogens with zero attached hydrogens (tertiary/aromatic N) is 1. The maximum absolute atomic E-state index is 13.7. The molecule has 1 aliphatic rings. The third-order valence-corrected chi connectivity index (χ3v) is 8.28. The second kappa shape index (κ2) is 12.1. The van der Waals surface area contributed by atoms with Crippen molar-refractivity contribution in [3.8, 4) is 0 Å². The largest absolute Gasteiger partial charge is 0.444 e. The van der Waals surface area contributed by atoms with Crippen molar-refractivity contribution in [2.24, 2.45) is 0 Å². The van der Waals surface area contributed by atoms with Gasteiger partial charge in [-0.1, -0.05) is 126 Å². The van der Waals surface area contributed by atoms with E-state index in [1.54, 1.807) is 4.90 Å². The molecule has 0 aromatic heterocycles. The van der Waals surface area contributed by atoms with E-state index < -0.39 is 0 Å². The Kier molecular flexibility index (Phi) is 8.56. The number of rotatable bonds is 6. The van der Waals surface area contributed by atoms with Gasteiger partial charge in [0.05, 0.1) is 11.4 Å². The van der Waals surface area contributed by atoms with E-state index in [9.17, 15) is 4.79 Å². The second-order valence-electron chi connectivity index (χ2n) is 13.5. The van der Waals surface area contributed by atoms with E-state index in [-0.39, 0.29) is 35.0 Å². The van der Waals surface area contributed by atoms with Crippen molar-refractivity contribution in [2.45, 2.75) is 76.9 Å². The Labute approximate surface area is 251 Å². The van der Waals surface area contributed by atoms with Crippen LogP contribution in [0.5, 0.6) is 0 Å². The zero-order valence-corrected chi connectivity index (χ0v) is 25.8. The van der Waals surface area contributed by atoms with Gasteiger partial charge in [-0.3, -0.25) is 0 Å². The van der Waals surface area contributed by atoms with Gasteiger partial charge in [0.25, 0.3) is 0 Å². The quantitative estimate of drug-likeness (QED) is 0.256. The Bertz CT molecular complexity index is 1350. The monoisotopic (exact) mass is 560 g/mol. The van der Waals surface area contributed by atoms with E-state index in [1.807, 2.05) is 60.7 Å². The summed E-state index contributed by atoms with van der Waals surface area (Å²) in [4.78, 5) is 15.3. The molecule has 218 valence electrons. The SMILES string of the molecule is CC(C)(C)c1ccc(C(c2ccc(C(C)(C)C)cc2)C2CC(OC(=O)N(c3ccccc3)c3ccccc3)CN2)cc1. The van der Waals surface area contributed by atoms with Gasteiger partial charge in [0, 0.05) is 24.9 Å². The lowest BCUT2D eigenvalue weighted by Crippen LogP contribution is -2.31. The van der Waals surface area contributed by atoms with Crippen LogP contribution in [0.15, 0.2) is 109 Å². The van der Waals surface area contributed by atoms with Crippen molar-refractivity contribution in [1.29, 1.82) is 0 Å². The topological polar surface area (TPSA) is 41.6 Å². The van der Waals surface area contributed by atoms with E-state index in [4.69, 9.17) is 4.74 Å². The number of carbonyl (C=O) groups excluding carboxylic acids is 1. The van der Waals surface area contributed by atoms with Crippen LogP contribution in [0, 0.1) is 0 Å². The zero-order chi connectivity index (χ0) is 29.9. The van der Waals surface area contributed by atoms with Gasteiger partial charge in [0.1, 0.15) is 6.10 Å². The molecule has 0 spiro atoms. The number of hydrogen-bond donors (Lipinski definition) is 1. The molecule has 0 radical (unpaired) electrons. The average molecular weight is 561 g/mol. The summed E-state index contributed by atoms with van der Waals surface area (Å²) in [6, 6.07) is 37.6. The van der Waals surface area contributed by atoms with Crippen molar-refractivity contribution in [1.82, 2.24) is 5.32 Å². The Morgan fingerprint density at radius 1 is 0.690 bits per heavy atom. The fourth-order valence-electron chi connectivity index (χ4n) is 5.82. The molecule has 0 aliphatic carbocycles. The molecule has 5 rings (SSSR count). The van der Waals surface area contributed by atoms with Crippen LogP contribution in [0.1, 0.15) is 76.1 Å². The molecule has 0 saturated carbocycles. The van der Waals surface area contributed by atoms with Crippen molar-refractivity contribution in [2.75, 3.05) is 11.4 Å². The lowest BCUT2D eigenvalue weighted by atomic mass is 9.80. The molecule has 1 heterocycles. The predicted octanol–water partition coefficient (Wildman–Crippen LogP) is 9.12. The Hall–Kier alpha value is -3.89. The van der Waals surface area contributed by atoms with Crippen molar-refractivity contribution < 1.29 is 9.53 Å². The summed E-state index contributed by atoms with van der Waals surface area (Å²) >= 11 is 0. The van der Waals surface area contributed by atoms with Crippen LogP contribution < -0.4 is 10.2 Å². The number of anilines is 2. The second-order valence-corrected chi connectivity index (χ2v) is 13.5. The standard InChI is InChI=1S/C38H44N2O2/c1-37(2,3)29-21-17-27(18-22-29)35(28-19-23-30(24-20-28)38(4,5)6)34-25-33(26-39-34)42-36(41)40(31-13-9-7-10-14-31)32-15-11-8-12-16-32/h7-24,33-35,39H,25-26H2,1-6H3. The minimum atomic E-state index is -0.361. The highest BCUT2D eigenvalue weighted by molar-refractivity contribution is 5.96. The number of nitrogens with one attached hydrogen (secondary N) is 1. The predicted molar refractivity (Wildman–Crippen MR) is 174 cm³/mol. The van der Waals surface area contributed by atoms with Gasteiger partial charge in [-0.25, -0.2) is 9.69 Å². The molecule has 4 nitrogen and oxygen atoms in total. The van der Waals surface area contributed by atoms with E-state index in [0.29, 0.717) is 6.54 Å². The van der Waals surface area contributed by atoms with Gasteiger partial charge in [0.15, 0.2) is 0 Å². The van der Waals surface area contributed by atoms with E-state index in [1.165, 1.54) is 22.3 Å². The van der Waals surface area contributed by atoms with Gasteiger partial charge in [-0.05, 0) is 57.3 Å². The molecular weight excluding hydrogens is 516 g/mol. The normalized spacial score (nSPS) is 17.3. The van der Waals surface area contributed by atoms with Crippen LogP contribution in [-0.2, 0) is 15.6 Å². The smallest absolute Gasteiger partial charge is 0.419 e. The maximum Gasteiger partial charge on any atom is 0.419 e. The number of para-hydroxylation sites is 2. The third kappa shape index (κ3) is 6.77. The highest BCUT2D eigenvalue weighted by Crippen LogP contribution is 2.36. The van der Waals surface area contributed by atoms with Crippen LogP contribution in [0.25, 0.3) is 0 Å². The number of benzene rings is 4. The summed E-state index contributed by atoms with van der Waals surface area (Å²) < 4.78 is 6.19. The van der Waals surface area contributed by atoms with Crippen LogP contribution >= 0.6 is 0 Å². The molecular formula is C38H44N2O2. The van der Waals surface area contributed by atoms with Gasteiger partial charge < -0.3 is 10.1 Å². The van der Waals surface area contributed by atoms with Crippen molar-refractivity contribution in [3.63, 3.8) is 0 Å². The van der Waals surface area contributed by atoms with Gasteiger partial charge in [0.2, 0.25) is 0 Å². The summed E-state index contributed by atoms with van der Waals surface area (Å²) in [5, 5.41) is 3.72. The first-order valence-electron chi connectivity index (χ1n) is 15.1. The third-order valence-electron chi connectivity index (χ3n) is 8.28. The van der Waals surface area contributed by atoms with Crippen LogP contribution in [-0.4, -0.2) is 24.8 Å². The van der Waals surface area contributed by atoms with E-state index >= 15 is 0 Å². The fourth-order valence-corrected chi connectivity index (χ4v) is 5.82. The van der Waals surface area contributed by atoms with Crippen molar-refractivity contribution in [3.05, 3.63) is 131 Å². The molecule has 1 aliphatic heterocycles. The lowest BCUT2D eigenvalue weighted by Gasteiger charge is -2.28. The molecule has 2 unspecified atom stereocenters. The Balaban J connectivity index is 1.40. The van der Waals surface area contributed by atoms with Crippen molar-refractivity contribution >= 4 is 17.5 Å². The number of ether oxygens (including phenoxy) is 1. The molecule has 2 atom stereocenters. The molecule has 4 aromatic carbocycles. The summed E-state index contributed by atoms with van der Waals surface area (Å²) in [5.41, 5.74) is 6.94. The number of hydrogen-bond acceptors (Lipinski definition) is 3. The average Bonchev–Trinajstić information content (AvgIpc) is 3.42. The Morgan fingerprint density at radius 2 is 1.12 bits per heavy atom. The van der Waals surface area contributed by atoms with Gasteiger partial charge in [-0.15, -0.1) is 0 Å². The molecule has 4 aromatic rings. The first kappa shape index (κ1) is 29.6. The molecule has 42 heavy (non-hydrogen) atoms. The molecule has 1 amide bonds. The van der Waals surface area contributed by atoms with Crippen LogP contribution in [0.4, 0.5) is 16.2 Å². The molecule has 0 bridgehead atoms. The number of amides is 1. The molecule has 1 N–H and O–H groups in total. The van der Waals surface area contributed by atoms with E-state index in [0.717, 1.165) is 17.8 Å². The fraction of sp³-hybridized carbons (Fsp3) is 0.342. The highest BCUT2D eigenvalue weighted by atomic mass is 16.6. The molecule has 4 heteroatoms. The minimum absolute atomic E-state index is 0.0939. The maximum atomic E-state index is 13.7. The number of carbonyl (C=O) groups is 1. The highest BCUT2D eigenvalue weighted by Gasteiger charge is 2.36.